The summed E-state index contributed by atoms with van der Waals surface area (Å²) in [5.74, 6) is 1.18. The second kappa shape index (κ2) is 7.04. The topological polar surface area (TPSA) is 72.7 Å². The fourth-order valence-electron chi connectivity index (χ4n) is 1.93. The number of amides is 1. The number of rotatable bonds is 6. The molecule has 0 unspecified atom stereocenters. The van der Waals surface area contributed by atoms with Gasteiger partial charge in [-0.1, -0.05) is 0 Å². The number of carbonyl (C=O) groups is 1. The molecule has 8 heteroatoms. The summed E-state index contributed by atoms with van der Waals surface area (Å²) in [6.45, 7) is 6.44. The maximum absolute atomic E-state index is 11.9. The largest absolute Gasteiger partial charge is 0.351 e. The van der Waals surface area contributed by atoms with Gasteiger partial charge in [-0.3, -0.25) is 9.48 Å². The van der Waals surface area contributed by atoms with E-state index in [0.29, 0.717) is 12.3 Å². The van der Waals surface area contributed by atoms with Crippen LogP contribution < -0.4 is 5.32 Å². The van der Waals surface area contributed by atoms with Crippen molar-refractivity contribution < 1.29 is 4.79 Å². The predicted molar refractivity (Wildman–Crippen MR) is 85.3 cm³/mol. The van der Waals surface area contributed by atoms with Gasteiger partial charge in [-0.15, -0.1) is 11.8 Å². The molecule has 0 bridgehead atoms. The van der Waals surface area contributed by atoms with Crippen LogP contribution in [-0.4, -0.2) is 30.2 Å². The molecule has 2 aromatic rings. The van der Waals surface area contributed by atoms with E-state index in [-0.39, 0.29) is 5.91 Å². The van der Waals surface area contributed by atoms with Gasteiger partial charge in [0.2, 0.25) is 5.91 Å². The Bertz CT molecular complexity index is 635. The Morgan fingerprint density at radius 2 is 2.05 bits per heavy atom. The zero-order chi connectivity index (χ0) is 15.4. The third-order valence-corrected chi connectivity index (χ3v) is 4.94. The van der Waals surface area contributed by atoms with Crippen LogP contribution in [0.3, 0.4) is 0 Å². The number of aryl methyl sites for hydroxylation is 3. The minimum Gasteiger partial charge on any atom is -0.351 e. The monoisotopic (exact) mass is 325 g/mol. The van der Waals surface area contributed by atoms with Crippen LogP contribution in [0.1, 0.15) is 28.3 Å². The maximum Gasteiger partial charge on any atom is 0.230 e. The summed E-state index contributed by atoms with van der Waals surface area (Å²) in [7, 11) is 1.91. The number of thioether (sulfide) groups is 1. The van der Waals surface area contributed by atoms with Gasteiger partial charge < -0.3 is 5.32 Å². The Hall–Kier alpha value is -1.41. The lowest BCUT2D eigenvalue weighted by atomic mass is 10.2. The summed E-state index contributed by atoms with van der Waals surface area (Å²) in [5, 5.41) is 7.28. The Labute approximate surface area is 132 Å². The van der Waals surface area contributed by atoms with Crippen LogP contribution in [0.15, 0.2) is 0 Å². The molecule has 114 valence electrons. The lowest BCUT2D eigenvalue weighted by Crippen LogP contribution is -2.25. The number of hydrogen-bond acceptors (Lipinski definition) is 6. The lowest BCUT2D eigenvalue weighted by molar-refractivity contribution is -0.118. The standard InChI is InChI=1S/C13H19N5OS2/c1-8-11(10(3)18(4)15-8)5-14-13(19)7-20-6-12-9(2)16-21-17-12/h5-7H2,1-4H3,(H,14,19). The summed E-state index contributed by atoms with van der Waals surface area (Å²) in [6.07, 6.45) is 0. The molecule has 2 rings (SSSR count). The van der Waals surface area contributed by atoms with Crippen molar-refractivity contribution in [2.75, 3.05) is 5.75 Å². The molecular formula is C13H19N5OS2. The molecule has 0 atom stereocenters. The van der Waals surface area contributed by atoms with Crippen LogP contribution in [-0.2, 0) is 24.1 Å². The highest BCUT2D eigenvalue weighted by molar-refractivity contribution is 7.99. The van der Waals surface area contributed by atoms with E-state index in [1.165, 1.54) is 11.7 Å². The minimum absolute atomic E-state index is 0.0310. The highest BCUT2D eigenvalue weighted by Crippen LogP contribution is 2.14. The van der Waals surface area contributed by atoms with Crippen LogP contribution in [0.4, 0.5) is 0 Å². The van der Waals surface area contributed by atoms with Gasteiger partial charge in [0, 0.05) is 30.6 Å². The molecule has 0 fully saturated rings. The third kappa shape index (κ3) is 4.04. The first-order valence-electron chi connectivity index (χ1n) is 6.60. The van der Waals surface area contributed by atoms with Gasteiger partial charge in [0.25, 0.3) is 0 Å². The normalized spacial score (nSPS) is 10.9. The van der Waals surface area contributed by atoms with Crippen molar-refractivity contribution in [1.82, 2.24) is 23.8 Å². The number of aromatic nitrogens is 4. The molecule has 6 nitrogen and oxygen atoms in total. The zero-order valence-corrected chi connectivity index (χ0v) is 14.3. The third-order valence-electron chi connectivity index (χ3n) is 3.34. The molecule has 1 N–H and O–H groups in total. The summed E-state index contributed by atoms with van der Waals surface area (Å²) in [4.78, 5) is 11.9. The number of carbonyl (C=O) groups excluding carboxylic acids is 1. The molecule has 0 aliphatic heterocycles. The first-order chi connectivity index (χ1) is 9.99. The fraction of sp³-hybridized carbons (Fsp3) is 0.538. The average molecular weight is 325 g/mol. The van der Waals surface area contributed by atoms with E-state index < -0.39 is 0 Å². The zero-order valence-electron chi connectivity index (χ0n) is 12.6. The van der Waals surface area contributed by atoms with Crippen molar-refractivity contribution in [3.05, 3.63) is 28.3 Å². The Kier molecular flexibility index (Phi) is 5.35. The molecular weight excluding hydrogens is 306 g/mol. The average Bonchev–Trinajstić information content (AvgIpc) is 2.93. The summed E-state index contributed by atoms with van der Waals surface area (Å²) in [5.41, 5.74) is 5.07. The molecule has 0 saturated heterocycles. The van der Waals surface area contributed by atoms with Crippen molar-refractivity contribution in [3.8, 4) is 0 Å². The second-order valence-corrected chi connectivity index (χ2v) is 6.35. The van der Waals surface area contributed by atoms with Gasteiger partial charge in [0.05, 0.1) is 34.6 Å². The Balaban J connectivity index is 1.76. The molecule has 0 aliphatic carbocycles. The second-order valence-electron chi connectivity index (χ2n) is 4.84. The molecule has 0 radical (unpaired) electrons. The molecule has 2 heterocycles. The number of hydrogen-bond donors (Lipinski definition) is 1. The Morgan fingerprint density at radius 3 is 2.62 bits per heavy atom. The molecule has 0 aromatic carbocycles. The SMILES string of the molecule is Cc1nsnc1CSCC(=O)NCc1c(C)nn(C)c1C. The van der Waals surface area contributed by atoms with E-state index in [2.05, 4.69) is 19.2 Å². The smallest absolute Gasteiger partial charge is 0.230 e. The van der Waals surface area contributed by atoms with Gasteiger partial charge >= 0.3 is 0 Å². The molecule has 0 saturated carbocycles. The van der Waals surface area contributed by atoms with E-state index >= 15 is 0 Å². The van der Waals surface area contributed by atoms with Gasteiger partial charge in [0.1, 0.15) is 0 Å². The maximum atomic E-state index is 11.9. The van der Waals surface area contributed by atoms with Crippen molar-refractivity contribution in [2.45, 2.75) is 33.1 Å². The predicted octanol–water partition coefficient (Wildman–Crippen LogP) is 1.75. The Morgan fingerprint density at radius 1 is 1.29 bits per heavy atom. The van der Waals surface area contributed by atoms with Crippen molar-refractivity contribution in [1.29, 1.82) is 0 Å². The highest BCUT2D eigenvalue weighted by atomic mass is 32.2. The van der Waals surface area contributed by atoms with Crippen molar-refractivity contribution >= 4 is 29.4 Å². The van der Waals surface area contributed by atoms with Crippen LogP contribution in [0.2, 0.25) is 0 Å². The molecule has 0 spiro atoms. The summed E-state index contributed by atoms with van der Waals surface area (Å²) in [6, 6.07) is 0. The first kappa shape index (κ1) is 16.0. The summed E-state index contributed by atoms with van der Waals surface area (Å²) < 4.78 is 10.2. The van der Waals surface area contributed by atoms with E-state index in [9.17, 15) is 4.79 Å². The van der Waals surface area contributed by atoms with E-state index in [1.54, 1.807) is 11.8 Å². The molecule has 0 aliphatic rings. The first-order valence-corrected chi connectivity index (χ1v) is 8.49. The summed E-state index contributed by atoms with van der Waals surface area (Å²) >= 11 is 2.77. The number of nitrogens with zero attached hydrogens (tertiary/aromatic N) is 4. The quantitative estimate of drug-likeness (QED) is 0.876. The van der Waals surface area contributed by atoms with E-state index in [1.807, 2.05) is 32.5 Å². The van der Waals surface area contributed by atoms with E-state index in [0.717, 1.165) is 34.1 Å². The van der Waals surface area contributed by atoms with E-state index in [4.69, 9.17) is 0 Å². The minimum atomic E-state index is 0.0310. The number of nitrogens with one attached hydrogen (secondary N) is 1. The fourth-order valence-corrected chi connectivity index (χ4v) is 3.43. The van der Waals surface area contributed by atoms with Crippen LogP contribution in [0.25, 0.3) is 0 Å². The van der Waals surface area contributed by atoms with Crippen molar-refractivity contribution in [3.63, 3.8) is 0 Å². The van der Waals surface area contributed by atoms with Gasteiger partial charge in [-0.2, -0.15) is 13.8 Å². The van der Waals surface area contributed by atoms with Crippen LogP contribution in [0, 0.1) is 20.8 Å². The van der Waals surface area contributed by atoms with Crippen LogP contribution >= 0.6 is 23.5 Å². The van der Waals surface area contributed by atoms with Crippen molar-refractivity contribution in [2.24, 2.45) is 7.05 Å². The van der Waals surface area contributed by atoms with Crippen LogP contribution in [0.5, 0.6) is 0 Å². The van der Waals surface area contributed by atoms with Gasteiger partial charge in [-0.25, -0.2) is 0 Å². The lowest BCUT2D eigenvalue weighted by Gasteiger charge is -2.05. The molecule has 2 aromatic heterocycles. The molecule has 21 heavy (non-hydrogen) atoms. The van der Waals surface area contributed by atoms with Gasteiger partial charge in [0.15, 0.2) is 0 Å². The molecule has 1 amide bonds. The van der Waals surface area contributed by atoms with Gasteiger partial charge in [-0.05, 0) is 20.8 Å². The highest BCUT2D eigenvalue weighted by Gasteiger charge is 2.11.